The monoisotopic (exact) mass is 288 g/mol. The Balaban J connectivity index is 0.000000396. The van der Waals surface area contributed by atoms with Crippen molar-refractivity contribution < 1.29 is 24.2 Å². The Morgan fingerprint density at radius 3 is 1.85 bits per heavy atom. The number of carboxylic acids is 1. The molecule has 1 heterocycles. The van der Waals surface area contributed by atoms with E-state index in [9.17, 15) is 9.59 Å². The van der Waals surface area contributed by atoms with Crippen LogP contribution < -0.4 is 0 Å². The number of rotatable bonds is 6. The molecule has 1 fully saturated rings. The molecule has 1 saturated heterocycles. The van der Waals surface area contributed by atoms with Gasteiger partial charge in [-0.15, -0.1) is 0 Å². The molecule has 118 valence electrons. The second-order valence-electron chi connectivity index (χ2n) is 6.33. The third-order valence-corrected chi connectivity index (χ3v) is 3.70. The number of aliphatic carboxylic acids is 1. The van der Waals surface area contributed by atoms with E-state index in [1.807, 2.05) is 27.7 Å². The van der Waals surface area contributed by atoms with Gasteiger partial charge < -0.3 is 14.6 Å². The van der Waals surface area contributed by atoms with Crippen LogP contribution >= 0.6 is 0 Å². The molecular weight excluding hydrogens is 260 g/mol. The standard InChI is InChI=1S/C9H16O3.C6H12O2/c1-4-9(2,3)8(10)12-6-7-5-11-7;1-4-6(2,3)5(7)8/h7H,4-6H2,1-3H3;4H2,1-3H3,(H,7,8). The van der Waals surface area contributed by atoms with E-state index in [0.29, 0.717) is 13.0 Å². The number of carboxylic acid groups (broad SMARTS) is 1. The lowest BCUT2D eigenvalue weighted by Crippen LogP contribution is -2.27. The molecule has 1 N–H and O–H groups in total. The predicted molar refractivity (Wildman–Crippen MR) is 76.5 cm³/mol. The molecule has 1 aliphatic rings. The number of hydrogen-bond donors (Lipinski definition) is 1. The highest BCUT2D eigenvalue weighted by molar-refractivity contribution is 5.75. The third-order valence-electron chi connectivity index (χ3n) is 3.70. The summed E-state index contributed by atoms with van der Waals surface area (Å²) in [5.41, 5.74) is -0.894. The van der Waals surface area contributed by atoms with Crippen LogP contribution in [-0.4, -0.2) is 36.4 Å². The van der Waals surface area contributed by atoms with Crippen molar-refractivity contribution in [3.05, 3.63) is 0 Å². The minimum Gasteiger partial charge on any atom is -0.481 e. The molecule has 0 saturated carbocycles. The Bertz CT molecular complexity index is 329. The van der Waals surface area contributed by atoms with Crippen molar-refractivity contribution in [1.82, 2.24) is 0 Å². The van der Waals surface area contributed by atoms with Crippen LogP contribution in [-0.2, 0) is 19.1 Å². The maximum atomic E-state index is 11.4. The summed E-state index contributed by atoms with van der Waals surface area (Å²) >= 11 is 0. The topological polar surface area (TPSA) is 76.1 Å². The summed E-state index contributed by atoms with van der Waals surface area (Å²) in [4.78, 5) is 21.6. The quantitative estimate of drug-likeness (QED) is 0.600. The summed E-state index contributed by atoms with van der Waals surface area (Å²) in [6.45, 7) is 12.2. The second kappa shape index (κ2) is 7.62. The van der Waals surface area contributed by atoms with Crippen LogP contribution in [0.4, 0.5) is 0 Å². The fourth-order valence-electron chi connectivity index (χ4n) is 0.824. The highest BCUT2D eigenvalue weighted by Crippen LogP contribution is 2.22. The Kier molecular flexibility index (Phi) is 7.20. The van der Waals surface area contributed by atoms with Gasteiger partial charge in [0.25, 0.3) is 0 Å². The SMILES string of the molecule is CCC(C)(C)C(=O)O.CCC(C)(C)C(=O)OCC1CO1. The normalized spacial score (nSPS) is 17.8. The summed E-state index contributed by atoms with van der Waals surface area (Å²) < 4.78 is 9.99. The number of hydrogen-bond acceptors (Lipinski definition) is 4. The number of epoxide rings is 1. The molecule has 0 aromatic heterocycles. The molecule has 0 radical (unpaired) electrons. The molecule has 5 heteroatoms. The van der Waals surface area contributed by atoms with Gasteiger partial charge in [-0.1, -0.05) is 13.8 Å². The number of carbonyl (C=O) groups is 2. The average Bonchev–Trinajstić information content (AvgIpc) is 3.20. The van der Waals surface area contributed by atoms with Crippen LogP contribution in [0.2, 0.25) is 0 Å². The lowest BCUT2D eigenvalue weighted by Gasteiger charge is -2.19. The molecule has 0 aromatic carbocycles. The number of carbonyl (C=O) groups excluding carboxylic acids is 1. The maximum absolute atomic E-state index is 11.4. The van der Waals surface area contributed by atoms with Crippen LogP contribution in [0.3, 0.4) is 0 Å². The minimum atomic E-state index is -0.722. The Morgan fingerprint density at radius 2 is 1.60 bits per heavy atom. The molecule has 1 atom stereocenters. The number of ether oxygens (including phenoxy) is 2. The van der Waals surface area contributed by atoms with Gasteiger partial charge in [0.2, 0.25) is 0 Å². The van der Waals surface area contributed by atoms with E-state index in [2.05, 4.69) is 0 Å². The first-order valence-corrected chi connectivity index (χ1v) is 7.09. The van der Waals surface area contributed by atoms with E-state index in [-0.39, 0.29) is 17.5 Å². The van der Waals surface area contributed by atoms with E-state index >= 15 is 0 Å². The Labute approximate surface area is 121 Å². The zero-order valence-electron chi connectivity index (χ0n) is 13.5. The van der Waals surface area contributed by atoms with Crippen molar-refractivity contribution in [3.63, 3.8) is 0 Å². The van der Waals surface area contributed by atoms with E-state index in [1.54, 1.807) is 13.8 Å². The molecule has 1 rings (SSSR count). The first kappa shape index (κ1) is 18.9. The maximum Gasteiger partial charge on any atom is 0.311 e. The molecular formula is C15H28O5. The van der Waals surface area contributed by atoms with Crippen molar-refractivity contribution in [3.8, 4) is 0 Å². The first-order valence-electron chi connectivity index (χ1n) is 7.09. The molecule has 0 spiro atoms. The van der Waals surface area contributed by atoms with Crippen LogP contribution in [0.5, 0.6) is 0 Å². The fraction of sp³-hybridized carbons (Fsp3) is 0.867. The Hall–Kier alpha value is -1.10. The highest BCUT2D eigenvalue weighted by atomic mass is 16.6. The van der Waals surface area contributed by atoms with Crippen molar-refractivity contribution in [2.75, 3.05) is 13.2 Å². The van der Waals surface area contributed by atoms with Gasteiger partial charge in [0, 0.05) is 0 Å². The lowest BCUT2D eigenvalue weighted by molar-refractivity contribution is -0.154. The molecule has 0 bridgehead atoms. The van der Waals surface area contributed by atoms with E-state index < -0.39 is 11.4 Å². The van der Waals surface area contributed by atoms with E-state index in [1.165, 1.54) is 0 Å². The van der Waals surface area contributed by atoms with Crippen molar-refractivity contribution >= 4 is 11.9 Å². The highest BCUT2D eigenvalue weighted by Gasteiger charge is 2.30. The lowest BCUT2D eigenvalue weighted by atomic mass is 9.91. The number of esters is 1. The van der Waals surface area contributed by atoms with Gasteiger partial charge in [-0.2, -0.15) is 0 Å². The molecule has 0 amide bonds. The Morgan fingerprint density at radius 1 is 1.15 bits per heavy atom. The van der Waals surface area contributed by atoms with Crippen molar-refractivity contribution in [2.24, 2.45) is 10.8 Å². The van der Waals surface area contributed by atoms with Gasteiger partial charge >= 0.3 is 11.9 Å². The van der Waals surface area contributed by atoms with Crippen LogP contribution in [0.15, 0.2) is 0 Å². The van der Waals surface area contributed by atoms with Gasteiger partial charge in [-0.3, -0.25) is 9.59 Å². The summed E-state index contributed by atoms with van der Waals surface area (Å²) in [5.74, 6) is -0.847. The zero-order chi connectivity index (χ0) is 16.0. The molecule has 1 unspecified atom stereocenters. The minimum absolute atomic E-state index is 0.125. The smallest absolute Gasteiger partial charge is 0.311 e. The predicted octanol–water partition coefficient (Wildman–Crippen LogP) is 2.87. The third kappa shape index (κ3) is 6.89. The molecule has 5 nitrogen and oxygen atoms in total. The van der Waals surface area contributed by atoms with Gasteiger partial charge in [-0.25, -0.2) is 0 Å². The van der Waals surface area contributed by atoms with Crippen LogP contribution in [0.1, 0.15) is 54.4 Å². The van der Waals surface area contributed by atoms with Gasteiger partial charge in [0.1, 0.15) is 12.7 Å². The van der Waals surface area contributed by atoms with Crippen LogP contribution in [0, 0.1) is 10.8 Å². The van der Waals surface area contributed by atoms with Crippen molar-refractivity contribution in [1.29, 1.82) is 0 Å². The van der Waals surface area contributed by atoms with Gasteiger partial charge in [0.15, 0.2) is 0 Å². The second-order valence-corrected chi connectivity index (χ2v) is 6.33. The van der Waals surface area contributed by atoms with Gasteiger partial charge in [0.05, 0.1) is 17.4 Å². The molecule has 20 heavy (non-hydrogen) atoms. The largest absolute Gasteiger partial charge is 0.481 e. The summed E-state index contributed by atoms with van der Waals surface area (Å²) in [5, 5.41) is 8.44. The molecule has 1 aliphatic heterocycles. The zero-order valence-corrected chi connectivity index (χ0v) is 13.5. The average molecular weight is 288 g/mol. The summed E-state index contributed by atoms with van der Waals surface area (Å²) in [7, 11) is 0. The van der Waals surface area contributed by atoms with Crippen LogP contribution in [0.25, 0.3) is 0 Å². The van der Waals surface area contributed by atoms with Gasteiger partial charge in [-0.05, 0) is 40.5 Å². The molecule has 0 aliphatic carbocycles. The van der Waals surface area contributed by atoms with Crippen molar-refractivity contribution in [2.45, 2.75) is 60.5 Å². The first-order chi connectivity index (χ1) is 9.06. The summed E-state index contributed by atoms with van der Waals surface area (Å²) in [6, 6.07) is 0. The van der Waals surface area contributed by atoms with E-state index in [4.69, 9.17) is 14.6 Å². The molecule has 0 aromatic rings. The fourth-order valence-corrected chi connectivity index (χ4v) is 0.824. The van der Waals surface area contributed by atoms with E-state index in [0.717, 1.165) is 13.0 Å². The summed E-state index contributed by atoms with van der Waals surface area (Å²) in [6.07, 6.45) is 1.65.